The van der Waals surface area contributed by atoms with Crippen molar-refractivity contribution in [3.63, 3.8) is 0 Å². The molecule has 6 atom stereocenters. The van der Waals surface area contributed by atoms with E-state index < -0.39 is 0 Å². The second-order valence-corrected chi connectivity index (χ2v) is 8.68. The Hall–Kier alpha value is -0.600. The zero-order valence-electron chi connectivity index (χ0n) is 13.7. The quantitative estimate of drug-likeness (QED) is 0.736. The molecule has 1 heterocycles. The van der Waals surface area contributed by atoms with Gasteiger partial charge >= 0.3 is 0 Å². The Morgan fingerprint density at radius 3 is 1.36 bits per heavy atom. The molecule has 0 unspecified atom stereocenters. The number of fused-ring (bicyclic) bond motifs is 4. The number of hydrogen-bond donors (Lipinski definition) is 0. The van der Waals surface area contributed by atoms with E-state index in [0.717, 1.165) is 35.5 Å². The molecule has 1 saturated heterocycles. The van der Waals surface area contributed by atoms with Gasteiger partial charge in [0.2, 0.25) is 0 Å². The normalized spacial score (nSPS) is 47.1. The largest absolute Gasteiger partial charge is 0.300 e. The highest BCUT2D eigenvalue weighted by Crippen LogP contribution is 2.44. The van der Waals surface area contributed by atoms with E-state index >= 15 is 0 Å². The molecule has 0 N–H and O–H groups in total. The molecule has 4 bridgehead atoms. The fourth-order valence-electron chi connectivity index (χ4n) is 6.03. The predicted octanol–water partition coefficient (Wildman–Crippen LogP) is 3.03. The molecule has 0 aromatic rings. The SMILES string of the molecule is C1=C[C@H]2C[C@H]1C[C@H]2CN1CCN(C[C@@H]2C[C@@H]3C=C[C@H]2C3)CC1. The predicted molar refractivity (Wildman–Crippen MR) is 90.6 cm³/mol. The van der Waals surface area contributed by atoms with E-state index in [1.54, 1.807) is 0 Å². The minimum atomic E-state index is 0.920. The highest BCUT2D eigenvalue weighted by atomic mass is 15.3. The van der Waals surface area contributed by atoms with Gasteiger partial charge in [-0.25, -0.2) is 0 Å². The van der Waals surface area contributed by atoms with Gasteiger partial charge in [-0.15, -0.1) is 0 Å². The van der Waals surface area contributed by atoms with Crippen LogP contribution in [-0.2, 0) is 0 Å². The smallest absolute Gasteiger partial charge is 0.0110 e. The molecular weight excluding hydrogens is 268 g/mol. The summed E-state index contributed by atoms with van der Waals surface area (Å²) in [4.78, 5) is 5.52. The van der Waals surface area contributed by atoms with Gasteiger partial charge in [-0.3, -0.25) is 0 Å². The third-order valence-electron chi connectivity index (χ3n) is 7.28. The van der Waals surface area contributed by atoms with Crippen molar-refractivity contribution in [3.05, 3.63) is 24.3 Å². The van der Waals surface area contributed by atoms with Crippen molar-refractivity contribution in [2.45, 2.75) is 25.7 Å². The lowest BCUT2D eigenvalue weighted by Gasteiger charge is -2.38. The summed E-state index contributed by atoms with van der Waals surface area (Å²) in [6.45, 7) is 8.00. The first-order chi connectivity index (χ1) is 10.8. The molecule has 0 amide bonds. The van der Waals surface area contributed by atoms with Gasteiger partial charge in [0.15, 0.2) is 0 Å². The van der Waals surface area contributed by atoms with Crippen LogP contribution < -0.4 is 0 Å². The second kappa shape index (κ2) is 5.49. The zero-order chi connectivity index (χ0) is 14.5. The van der Waals surface area contributed by atoms with Gasteiger partial charge in [0.05, 0.1) is 0 Å². The van der Waals surface area contributed by atoms with Gasteiger partial charge in [-0.05, 0) is 61.2 Å². The van der Waals surface area contributed by atoms with Crippen molar-refractivity contribution in [2.24, 2.45) is 35.5 Å². The molecule has 0 aromatic heterocycles. The lowest BCUT2D eigenvalue weighted by atomic mass is 9.92. The van der Waals surface area contributed by atoms with E-state index in [2.05, 4.69) is 34.1 Å². The van der Waals surface area contributed by atoms with Crippen LogP contribution in [0.1, 0.15) is 25.7 Å². The van der Waals surface area contributed by atoms with E-state index in [1.807, 2.05) is 0 Å². The first-order valence-electron chi connectivity index (χ1n) is 9.65. The molecule has 0 radical (unpaired) electrons. The van der Waals surface area contributed by atoms with Crippen molar-refractivity contribution in [3.8, 4) is 0 Å². The van der Waals surface area contributed by atoms with Crippen LogP contribution in [0.2, 0.25) is 0 Å². The summed E-state index contributed by atoms with van der Waals surface area (Å²) in [6, 6.07) is 0. The minimum absolute atomic E-state index is 0.920. The van der Waals surface area contributed by atoms with Crippen molar-refractivity contribution in [2.75, 3.05) is 39.3 Å². The van der Waals surface area contributed by atoms with Crippen molar-refractivity contribution in [1.29, 1.82) is 0 Å². The molecule has 0 aromatic carbocycles. The lowest BCUT2D eigenvalue weighted by molar-refractivity contribution is 0.0976. The molecule has 3 fully saturated rings. The molecule has 2 heteroatoms. The van der Waals surface area contributed by atoms with Gasteiger partial charge in [-0.2, -0.15) is 0 Å². The van der Waals surface area contributed by atoms with E-state index in [4.69, 9.17) is 0 Å². The number of nitrogens with zero attached hydrogens (tertiary/aromatic N) is 2. The maximum atomic E-state index is 2.76. The summed E-state index contributed by atoms with van der Waals surface area (Å²) in [5.41, 5.74) is 0. The van der Waals surface area contributed by atoms with E-state index in [-0.39, 0.29) is 0 Å². The second-order valence-electron chi connectivity index (χ2n) is 8.68. The Labute approximate surface area is 135 Å². The Morgan fingerprint density at radius 1 is 0.591 bits per heavy atom. The number of allylic oxidation sites excluding steroid dienone is 4. The van der Waals surface area contributed by atoms with Crippen LogP contribution in [0.4, 0.5) is 0 Å². The molecule has 22 heavy (non-hydrogen) atoms. The molecule has 0 spiro atoms. The number of hydrogen-bond acceptors (Lipinski definition) is 2. The van der Waals surface area contributed by atoms with Crippen LogP contribution >= 0.6 is 0 Å². The average Bonchev–Trinajstić information content (AvgIpc) is 3.29. The van der Waals surface area contributed by atoms with Crippen LogP contribution in [0, 0.1) is 35.5 Å². The molecule has 5 rings (SSSR count). The number of rotatable bonds is 4. The first kappa shape index (κ1) is 13.8. The topological polar surface area (TPSA) is 6.48 Å². The molecule has 2 saturated carbocycles. The zero-order valence-corrected chi connectivity index (χ0v) is 13.7. The molecule has 1 aliphatic heterocycles. The Kier molecular flexibility index (Phi) is 3.44. The molecular formula is C20H30N2. The van der Waals surface area contributed by atoms with E-state index in [9.17, 15) is 0 Å². The van der Waals surface area contributed by atoms with E-state index in [0.29, 0.717) is 0 Å². The van der Waals surface area contributed by atoms with Gasteiger partial charge in [-0.1, -0.05) is 24.3 Å². The Bertz CT molecular complexity index is 430. The maximum absolute atomic E-state index is 2.76. The summed E-state index contributed by atoms with van der Waals surface area (Å²) in [7, 11) is 0. The van der Waals surface area contributed by atoms with Gasteiger partial charge in [0.1, 0.15) is 0 Å². The van der Waals surface area contributed by atoms with E-state index in [1.165, 1.54) is 65.0 Å². The monoisotopic (exact) mass is 298 g/mol. The lowest BCUT2D eigenvalue weighted by Crippen LogP contribution is -2.49. The fraction of sp³-hybridized carbons (Fsp3) is 0.800. The van der Waals surface area contributed by atoms with Crippen LogP contribution in [0.3, 0.4) is 0 Å². The van der Waals surface area contributed by atoms with Crippen molar-refractivity contribution in [1.82, 2.24) is 9.80 Å². The van der Waals surface area contributed by atoms with Crippen LogP contribution in [0.15, 0.2) is 24.3 Å². The van der Waals surface area contributed by atoms with Crippen LogP contribution in [-0.4, -0.2) is 49.1 Å². The van der Waals surface area contributed by atoms with Crippen molar-refractivity contribution < 1.29 is 0 Å². The summed E-state index contributed by atoms with van der Waals surface area (Å²) in [6.07, 6.45) is 15.8. The summed E-state index contributed by atoms with van der Waals surface area (Å²) in [5.74, 6) is 5.64. The maximum Gasteiger partial charge on any atom is 0.0110 e. The standard InChI is InChI=1S/C20H30N2/c1-3-17-9-15(1)11-19(17)13-21-5-7-22(8-6-21)14-20-12-16-2-4-18(20)10-16/h1-4,15-20H,5-14H2/t15-,16+,17-,18-,19-,20-/m0/s1. The molecule has 4 aliphatic carbocycles. The summed E-state index contributed by atoms with van der Waals surface area (Å²) >= 11 is 0. The van der Waals surface area contributed by atoms with Gasteiger partial charge in [0, 0.05) is 39.3 Å². The molecule has 2 nitrogen and oxygen atoms in total. The third kappa shape index (κ3) is 2.49. The third-order valence-corrected chi connectivity index (χ3v) is 7.28. The van der Waals surface area contributed by atoms with Gasteiger partial charge < -0.3 is 9.80 Å². The fourth-order valence-corrected chi connectivity index (χ4v) is 6.03. The average molecular weight is 298 g/mol. The van der Waals surface area contributed by atoms with Gasteiger partial charge in [0.25, 0.3) is 0 Å². The first-order valence-corrected chi connectivity index (χ1v) is 9.65. The Balaban J connectivity index is 1.09. The summed E-state index contributed by atoms with van der Waals surface area (Å²) in [5, 5.41) is 0. The molecule has 5 aliphatic rings. The molecule has 120 valence electrons. The highest BCUT2D eigenvalue weighted by molar-refractivity contribution is 5.11. The van der Waals surface area contributed by atoms with Crippen molar-refractivity contribution >= 4 is 0 Å². The highest BCUT2D eigenvalue weighted by Gasteiger charge is 2.38. The van der Waals surface area contributed by atoms with Crippen LogP contribution in [0.5, 0.6) is 0 Å². The van der Waals surface area contributed by atoms with Crippen LogP contribution in [0.25, 0.3) is 0 Å². The summed E-state index contributed by atoms with van der Waals surface area (Å²) < 4.78 is 0. The number of piperazine rings is 1. The minimum Gasteiger partial charge on any atom is -0.300 e. The Morgan fingerprint density at radius 2 is 1.05 bits per heavy atom.